The first kappa shape index (κ1) is 15.9. The van der Waals surface area contributed by atoms with Gasteiger partial charge in [-0.1, -0.05) is 11.6 Å². The Kier molecular flexibility index (Phi) is 5.45. The van der Waals surface area contributed by atoms with Crippen molar-refractivity contribution >= 4 is 40.7 Å². The molecule has 114 valence electrons. The number of benzene rings is 1. The van der Waals surface area contributed by atoms with Gasteiger partial charge in [0.2, 0.25) is 0 Å². The number of hydrazone groups is 1. The van der Waals surface area contributed by atoms with E-state index in [1.54, 1.807) is 12.1 Å². The van der Waals surface area contributed by atoms with E-state index in [1.165, 1.54) is 41.8 Å². The van der Waals surface area contributed by atoms with Gasteiger partial charge in [0.25, 0.3) is 11.6 Å². The summed E-state index contributed by atoms with van der Waals surface area (Å²) in [7, 11) is 0. The van der Waals surface area contributed by atoms with E-state index in [0.717, 1.165) is 4.88 Å². The van der Waals surface area contributed by atoms with Gasteiger partial charge in [-0.2, -0.15) is 5.10 Å². The quantitative estimate of drug-likeness (QED) is 0.497. The first-order valence-electron chi connectivity index (χ1n) is 5.99. The molecular formula is C13H10ClN3O4S. The van der Waals surface area contributed by atoms with Crippen molar-refractivity contribution < 1.29 is 14.5 Å². The van der Waals surface area contributed by atoms with Crippen molar-refractivity contribution in [3.05, 3.63) is 55.7 Å². The highest BCUT2D eigenvalue weighted by Crippen LogP contribution is 2.19. The molecule has 1 heterocycles. The number of non-ortho nitro benzene ring substituents is 1. The Morgan fingerprint density at radius 1 is 1.36 bits per heavy atom. The lowest BCUT2D eigenvalue weighted by Crippen LogP contribution is -2.24. The molecule has 0 bridgehead atoms. The average molecular weight is 340 g/mol. The Hall–Kier alpha value is -2.45. The van der Waals surface area contributed by atoms with Gasteiger partial charge in [0.05, 0.1) is 15.5 Å². The van der Waals surface area contributed by atoms with Gasteiger partial charge in [-0.25, -0.2) is 5.43 Å². The minimum atomic E-state index is -0.512. The standard InChI is InChI=1S/C13H10ClN3O4S/c14-12-6-5-11(22-12)7-15-16-13(18)8-21-10-3-1-9(2-4-10)17(19)20/h1-7H,8H2,(H,16,18)/b15-7+. The molecule has 9 heteroatoms. The minimum absolute atomic E-state index is 0.0454. The molecule has 0 atom stereocenters. The molecule has 2 aromatic rings. The highest BCUT2D eigenvalue weighted by Gasteiger charge is 2.06. The first-order chi connectivity index (χ1) is 10.5. The number of nitrogens with one attached hydrogen (secondary N) is 1. The number of hydrogen-bond acceptors (Lipinski definition) is 6. The highest BCUT2D eigenvalue weighted by molar-refractivity contribution is 7.17. The number of halogens is 1. The summed E-state index contributed by atoms with van der Waals surface area (Å²) in [4.78, 5) is 22.3. The summed E-state index contributed by atoms with van der Waals surface area (Å²) in [6.07, 6.45) is 1.47. The number of amides is 1. The number of carbonyl (C=O) groups excluding carboxylic acids is 1. The molecule has 0 aliphatic rings. The van der Waals surface area contributed by atoms with Crippen LogP contribution in [0.15, 0.2) is 41.5 Å². The second-order valence-electron chi connectivity index (χ2n) is 3.97. The molecule has 0 aliphatic heterocycles. The van der Waals surface area contributed by atoms with Crippen LogP contribution in [0, 0.1) is 10.1 Å². The Bertz CT molecular complexity index is 700. The van der Waals surface area contributed by atoms with Crippen molar-refractivity contribution in [1.82, 2.24) is 5.43 Å². The lowest BCUT2D eigenvalue weighted by Gasteiger charge is -2.04. The van der Waals surface area contributed by atoms with E-state index in [0.29, 0.717) is 10.1 Å². The number of nitro groups is 1. The van der Waals surface area contributed by atoms with E-state index in [1.807, 2.05) is 0 Å². The SMILES string of the molecule is O=C(COc1ccc([N+](=O)[O-])cc1)N/N=C/c1ccc(Cl)s1. The molecule has 2 rings (SSSR count). The van der Waals surface area contributed by atoms with Crippen molar-refractivity contribution in [2.24, 2.45) is 5.10 Å². The van der Waals surface area contributed by atoms with Crippen molar-refractivity contribution in [3.63, 3.8) is 0 Å². The van der Waals surface area contributed by atoms with Gasteiger partial charge in [0.1, 0.15) is 5.75 Å². The smallest absolute Gasteiger partial charge is 0.277 e. The van der Waals surface area contributed by atoms with Crippen LogP contribution >= 0.6 is 22.9 Å². The molecule has 7 nitrogen and oxygen atoms in total. The minimum Gasteiger partial charge on any atom is -0.484 e. The van der Waals surface area contributed by atoms with Gasteiger partial charge in [-0.05, 0) is 24.3 Å². The fraction of sp³-hybridized carbons (Fsp3) is 0.0769. The van der Waals surface area contributed by atoms with Crippen LogP contribution < -0.4 is 10.2 Å². The van der Waals surface area contributed by atoms with Crippen LogP contribution in [0.25, 0.3) is 0 Å². The lowest BCUT2D eigenvalue weighted by molar-refractivity contribution is -0.384. The summed E-state index contributed by atoms with van der Waals surface area (Å²) in [5, 5.41) is 14.3. The van der Waals surface area contributed by atoms with E-state index in [-0.39, 0.29) is 12.3 Å². The fourth-order valence-corrected chi connectivity index (χ4v) is 2.34. The number of carbonyl (C=O) groups is 1. The summed E-state index contributed by atoms with van der Waals surface area (Å²) in [5.74, 6) is -0.0907. The average Bonchev–Trinajstić information content (AvgIpc) is 2.91. The van der Waals surface area contributed by atoms with Gasteiger partial charge in [0, 0.05) is 17.0 Å². The second kappa shape index (κ2) is 7.53. The van der Waals surface area contributed by atoms with Crippen LogP contribution in [0.4, 0.5) is 5.69 Å². The van der Waals surface area contributed by atoms with Crippen LogP contribution in [-0.4, -0.2) is 23.7 Å². The number of rotatable bonds is 6. The lowest BCUT2D eigenvalue weighted by atomic mass is 10.3. The van der Waals surface area contributed by atoms with Crippen LogP contribution in [0.1, 0.15) is 4.88 Å². The van der Waals surface area contributed by atoms with Crippen molar-refractivity contribution in [1.29, 1.82) is 0 Å². The van der Waals surface area contributed by atoms with Crippen molar-refractivity contribution in [2.45, 2.75) is 0 Å². The van der Waals surface area contributed by atoms with E-state index >= 15 is 0 Å². The van der Waals surface area contributed by atoms with Gasteiger partial charge in [-0.3, -0.25) is 14.9 Å². The molecule has 0 saturated carbocycles. The fourth-order valence-electron chi connectivity index (χ4n) is 1.41. The van der Waals surface area contributed by atoms with Gasteiger partial charge >= 0.3 is 0 Å². The third-order valence-corrected chi connectivity index (χ3v) is 3.56. The number of thiophene rings is 1. The molecule has 0 aliphatic carbocycles. The van der Waals surface area contributed by atoms with Crippen LogP contribution in [0.2, 0.25) is 4.34 Å². The third kappa shape index (κ3) is 4.83. The molecular weight excluding hydrogens is 330 g/mol. The molecule has 0 saturated heterocycles. The molecule has 0 unspecified atom stereocenters. The second-order valence-corrected chi connectivity index (χ2v) is 5.72. The van der Waals surface area contributed by atoms with Gasteiger partial charge in [-0.15, -0.1) is 11.3 Å². The van der Waals surface area contributed by atoms with Crippen LogP contribution in [0.3, 0.4) is 0 Å². The third-order valence-electron chi connectivity index (χ3n) is 2.39. The van der Waals surface area contributed by atoms with E-state index in [4.69, 9.17) is 16.3 Å². The Morgan fingerprint density at radius 3 is 2.68 bits per heavy atom. The summed E-state index contributed by atoms with van der Waals surface area (Å²) in [6, 6.07) is 8.94. The normalized spacial score (nSPS) is 10.6. The number of nitro benzene ring substituents is 1. The molecule has 0 fully saturated rings. The van der Waals surface area contributed by atoms with Gasteiger partial charge < -0.3 is 4.74 Å². The topological polar surface area (TPSA) is 93.8 Å². The molecule has 1 N–H and O–H groups in total. The molecule has 0 spiro atoms. The monoisotopic (exact) mass is 339 g/mol. The number of nitrogens with zero attached hydrogens (tertiary/aromatic N) is 2. The summed E-state index contributed by atoms with van der Waals surface area (Å²) >= 11 is 7.09. The van der Waals surface area contributed by atoms with Crippen LogP contribution in [-0.2, 0) is 4.79 Å². The predicted octanol–water partition coefficient (Wildman–Crippen LogP) is 2.84. The van der Waals surface area contributed by atoms with E-state index in [9.17, 15) is 14.9 Å². The summed E-state index contributed by atoms with van der Waals surface area (Å²) < 4.78 is 5.82. The largest absolute Gasteiger partial charge is 0.484 e. The van der Waals surface area contributed by atoms with Crippen molar-refractivity contribution in [2.75, 3.05) is 6.61 Å². The zero-order valence-electron chi connectivity index (χ0n) is 11.1. The number of ether oxygens (including phenoxy) is 1. The summed E-state index contributed by atoms with van der Waals surface area (Å²) in [6.45, 7) is -0.250. The molecule has 0 radical (unpaired) electrons. The Balaban J connectivity index is 1.77. The van der Waals surface area contributed by atoms with Crippen molar-refractivity contribution in [3.8, 4) is 5.75 Å². The van der Waals surface area contributed by atoms with E-state index < -0.39 is 10.8 Å². The van der Waals surface area contributed by atoms with Gasteiger partial charge in [0.15, 0.2) is 6.61 Å². The molecule has 22 heavy (non-hydrogen) atoms. The maximum atomic E-state index is 11.5. The molecule has 1 aromatic carbocycles. The Morgan fingerprint density at radius 2 is 2.09 bits per heavy atom. The highest BCUT2D eigenvalue weighted by atomic mass is 35.5. The zero-order valence-corrected chi connectivity index (χ0v) is 12.6. The Labute approximate surface area is 134 Å². The predicted molar refractivity (Wildman–Crippen MR) is 83.7 cm³/mol. The maximum Gasteiger partial charge on any atom is 0.277 e. The van der Waals surface area contributed by atoms with E-state index in [2.05, 4.69) is 10.5 Å². The number of hydrogen-bond donors (Lipinski definition) is 1. The van der Waals surface area contributed by atoms with Crippen LogP contribution in [0.5, 0.6) is 5.75 Å². The first-order valence-corrected chi connectivity index (χ1v) is 7.18. The summed E-state index contributed by atoms with van der Waals surface area (Å²) in [5.41, 5.74) is 2.26. The zero-order chi connectivity index (χ0) is 15.9. The molecule has 1 amide bonds. The maximum absolute atomic E-state index is 11.5. The molecule has 1 aromatic heterocycles.